The molecule has 0 aromatic heterocycles. The molecule has 5 nitrogen and oxygen atoms in total. The maximum Gasteiger partial charge on any atom is 0.234 e. The highest BCUT2D eigenvalue weighted by atomic mass is 16.5. The maximum atomic E-state index is 12.5. The van der Waals surface area contributed by atoms with Gasteiger partial charge in [-0.1, -0.05) is 6.07 Å². The van der Waals surface area contributed by atoms with Crippen molar-refractivity contribution in [2.75, 3.05) is 39.2 Å². The van der Waals surface area contributed by atoms with Gasteiger partial charge >= 0.3 is 0 Å². The van der Waals surface area contributed by atoms with Crippen molar-refractivity contribution < 1.29 is 14.3 Å². The number of anilines is 1. The average molecular weight is 264 g/mol. The first kappa shape index (κ1) is 13.8. The van der Waals surface area contributed by atoms with Crippen molar-refractivity contribution in [3.05, 3.63) is 24.3 Å². The largest absolute Gasteiger partial charge is 0.497 e. The van der Waals surface area contributed by atoms with Crippen LogP contribution in [0, 0.1) is 5.41 Å². The number of methoxy groups -OCH3 is 2. The zero-order chi connectivity index (χ0) is 13.7. The standard InChI is InChI=1S/C14H20N2O3/c1-18-10-14(6-7-15-9-14)13(17)16-11-4-3-5-12(8-11)19-2/h3-5,8,15H,6-7,9-10H2,1-2H3,(H,16,17). The smallest absolute Gasteiger partial charge is 0.234 e. The minimum atomic E-state index is -0.474. The molecule has 1 aromatic carbocycles. The van der Waals surface area contributed by atoms with Crippen molar-refractivity contribution in [1.82, 2.24) is 5.32 Å². The molecule has 2 N–H and O–H groups in total. The van der Waals surface area contributed by atoms with Gasteiger partial charge in [0.2, 0.25) is 5.91 Å². The molecule has 1 aromatic rings. The van der Waals surface area contributed by atoms with Gasteiger partial charge in [-0.05, 0) is 25.1 Å². The summed E-state index contributed by atoms with van der Waals surface area (Å²) in [5.74, 6) is 0.718. The fourth-order valence-electron chi connectivity index (χ4n) is 2.37. The van der Waals surface area contributed by atoms with E-state index < -0.39 is 5.41 Å². The predicted octanol–water partition coefficient (Wildman–Crippen LogP) is 1.26. The second kappa shape index (κ2) is 6.04. The van der Waals surface area contributed by atoms with Gasteiger partial charge in [0.05, 0.1) is 19.1 Å². The number of rotatable bonds is 5. The Hall–Kier alpha value is -1.59. The molecule has 19 heavy (non-hydrogen) atoms. The molecule has 1 unspecified atom stereocenters. The summed E-state index contributed by atoms with van der Waals surface area (Å²) in [7, 11) is 3.23. The number of carbonyl (C=O) groups excluding carboxylic acids is 1. The molecule has 1 amide bonds. The van der Waals surface area contributed by atoms with Gasteiger partial charge in [-0.2, -0.15) is 0 Å². The van der Waals surface area contributed by atoms with Crippen LogP contribution in [-0.2, 0) is 9.53 Å². The molecule has 1 fully saturated rings. The molecule has 0 bridgehead atoms. The molecule has 104 valence electrons. The van der Waals surface area contributed by atoms with E-state index in [0.29, 0.717) is 13.2 Å². The normalized spacial score (nSPS) is 22.2. The fourth-order valence-corrected chi connectivity index (χ4v) is 2.37. The summed E-state index contributed by atoms with van der Waals surface area (Å²) in [6, 6.07) is 7.35. The average Bonchev–Trinajstić information content (AvgIpc) is 2.89. The molecule has 1 saturated heterocycles. The Morgan fingerprint density at radius 3 is 2.95 bits per heavy atom. The minimum Gasteiger partial charge on any atom is -0.497 e. The summed E-state index contributed by atoms with van der Waals surface area (Å²) in [4.78, 5) is 12.5. The van der Waals surface area contributed by atoms with Gasteiger partial charge in [0.15, 0.2) is 0 Å². The van der Waals surface area contributed by atoms with Crippen LogP contribution in [0.3, 0.4) is 0 Å². The third kappa shape index (κ3) is 3.05. The third-order valence-electron chi connectivity index (χ3n) is 3.47. The van der Waals surface area contributed by atoms with E-state index in [1.807, 2.05) is 18.2 Å². The molecule has 0 saturated carbocycles. The lowest BCUT2D eigenvalue weighted by Crippen LogP contribution is -2.41. The van der Waals surface area contributed by atoms with Crippen LogP contribution in [0.15, 0.2) is 24.3 Å². The van der Waals surface area contributed by atoms with E-state index in [4.69, 9.17) is 9.47 Å². The zero-order valence-electron chi connectivity index (χ0n) is 11.4. The summed E-state index contributed by atoms with van der Waals surface area (Å²) < 4.78 is 10.4. The van der Waals surface area contributed by atoms with Crippen LogP contribution in [0.1, 0.15) is 6.42 Å². The van der Waals surface area contributed by atoms with Gasteiger partial charge in [0, 0.05) is 25.4 Å². The maximum absolute atomic E-state index is 12.5. The first-order chi connectivity index (χ1) is 9.20. The van der Waals surface area contributed by atoms with Gasteiger partial charge < -0.3 is 20.1 Å². The quantitative estimate of drug-likeness (QED) is 0.840. The molecule has 1 aliphatic heterocycles. The zero-order valence-corrected chi connectivity index (χ0v) is 11.4. The molecule has 1 atom stereocenters. The van der Waals surface area contributed by atoms with E-state index in [1.54, 1.807) is 20.3 Å². The van der Waals surface area contributed by atoms with Crippen LogP contribution in [0.4, 0.5) is 5.69 Å². The monoisotopic (exact) mass is 264 g/mol. The van der Waals surface area contributed by atoms with Crippen LogP contribution in [0.2, 0.25) is 0 Å². The van der Waals surface area contributed by atoms with E-state index in [1.165, 1.54) is 0 Å². The van der Waals surface area contributed by atoms with Crippen molar-refractivity contribution in [2.45, 2.75) is 6.42 Å². The molecule has 0 radical (unpaired) electrons. The van der Waals surface area contributed by atoms with Crippen molar-refractivity contribution in [1.29, 1.82) is 0 Å². The van der Waals surface area contributed by atoms with Gasteiger partial charge in [-0.15, -0.1) is 0 Å². The summed E-state index contributed by atoms with van der Waals surface area (Å²) in [5.41, 5.74) is 0.268. The van der Waals surface area contributed by atoms with Crippen LogP contribution in [0.25, 0.3) is 0 Å². The van der Waals surface area contributed by atoms with E-state index >= 15 is 0 Å². The molecular weight excluding hydrogens is 244 g/mol. The lowest BCUT2D eigenvalue weighted by atomic mass is 9.87. The van der Waals surface area contributed by atoms with Crippen LogP contribution >= 0.6 is 0 Å². The lowest BCUT2D eigenvalue weighted by Gasteiger charge is -2.26. The Bertz CT molecular complexity index is 442. The van der Waals surface area contributed by atoms with Crippen molar-refractivity contribution in [2.24, 2.45) is 5.41 Å². The van der Waals surface area contributed by atoms with E-state index in [2.05, 4.69) is 10.6 Å². The van der Waals surface area contributed by atoms with Crippen molar-refractivity contribution in [3.8, 4) is 5.75 Å². The number of nitrogens with one attached hydrogen (secondary N) is 2. The first-order valence-electron chi connectivity index (χ1n) is 6.35. The number of amides is 1. The molecule has 2 rings (SSSR count). The van der Waals surface area contributed by atoms with Gasteiger partial charge in [-0.25, -0.2) is 0 Å². The number of hydrogen-bond acceptors (Lipinski definition) is 4. The number of carbonyl (C=O) groups is 1. The van der Waals surface area contributed by atoms with Gasteiger partial charge in [0.25, 0.3) is 0 Å². The highest BCUT2D eigenvalue weighted by molar-refractivity contribution is 5.96. The van der Waals surface area contributed by atoms with E-state index in [0.717, 1.165) is 24.4 Å². The highest BCUT2D eigenvalue weighted by Crippen LogP contribution is 2.28. The second-order valence-electron chi connectivity index (χ2n) is 4.83. The van der Waals surface area contributed by atoms with Crippen molar-refractivity contribution in [3.63, 3.8) is 0 Å². The molecule has 0 spiro atoms. The summed E-state index contributed by atoms with van der Waals surface area (Å²) in [6.07, 6.45) is 0.788. The van der Waals surface area contributed by atoms with E-state index in [9.17, 15) is 4.79 Å². The summed E-state index contributed by atoms with van der Waals surface area (Å²) in [6.45, 7) is 1.92. The second-order valence-corrected chi connectivity index (χ2v) is 4.83. The Morgan fingerprint density at radius 1 is 1.47 bits per heavy atom. The Labute approximate surface area is 113 Å². The molecule has 1 aliphatic rings. The number of benzene rings is 1. The van der Waals surface area contributed by atoms with Crippen molar-refractivity contribution >= 4 is 11.6 Å². The molecular formula is C14H20N2O3. The lowest BCUT2D eigenvalue weighted by molar-refractivity contribution is -0.127. The highest BCUT2D eigenvalue weighted by Gasteiger charge is 2.41. The van der Waals surface area contributed by atoms with Gasteiger partial charge in [0.1, 0.15) is 5.75 Å². The Balaban J connectivity index is 2.10. The molecule has 0 aliphatic carbocycles. The van der Waals surface area contributed by atoms with Crippen LogP contribution in [0.5, 0.6) is 5.75 Å². The summed E-state index contributed by atoms with van der Waals surface area (Å²) in [5, 5.41) is 6.17. The fraction of sp³-hybridized carbons (Fsp3) is 0.500. The molecule has 1 heterocycles. The van der Waals surface area contributed by atoms with Crippen LogP contribution < -0.4 is 15.4 Å². The number of hydrogen-bond donors (Lipinski definition) is 2. The summed E-state index contributed by atoms with van der Waals surface area (Å²) >= 11 is 0. The predicted molar refractivity (Wildman–Crippen MR) is 73.4 cm³/mol. The van der Waals surface area contributed by atoms with E-state index in [-0.39, 0.29) is 5.91 Å². The Morgan fingerprint density at radius 2 is 2.32 bits per heavy atom. The van der Waals surface area contributed by atoms with Crippen LogP contribution in [-0.4, -0.2) is 39.8 Å². The Kier molecular flexibility index (Phi) is 4.39. The number of ether oxygens (including phenoxy) is 2. The molecule has 5 heteroatoms. The minimum absolute atomic E-state index is 0.00685. The topological polar surface area (TPSA) is 59.6 Å². The van der Waals surface area contributed by atoms with Gasteiger partial charge in [-0.3, -0.25) is 4.79 Å². The third-order valence-corrected chi connectivity index (χ3v) is 3.47. The first-order valence-corrected chi connectivity index (χ1v) is 6.35. The SMILES string of the molecule is COCC1(C(=O)Nc2cccc(OC)c2)CCNC1.